The van der Waals surface area contributed by atoms with Gasteiger partial charge in [-0.25, -0.2) is 0 Å². The number of carbonyl (C=O) groups excluding carboxylic acids is 2. The molecule has 0 N–H and O–H groups in total. The molecule has 0 aliphatic carbocycles. The van der Waals surface area contributed by atoms with Gasteiger partial charge in [-0.2, -0.15) is 0 Å². The van der Waals surface area contributed by atoms with Crippen LogP contribution in [0.4, 0.5) is 5.69 Å². The van der Waals surface area contributed by atoms with Crippen molar-refractivity contribution in [3.63, 3.8) is 0 Å². The molecule has 2 aromatic rings. The summed E-state index contributed by atoms with van der Waals surface area (Å²) >= 11 is 0. The van der Waals surface area contributed by atoms with Gasteiger partial charge in [-0.1, -0.05) is 32.9 Å². The average molecular weight is 348 g/mol. The summed E-state index contributed by atoms with van der Waals surface area (Å²) in [5.41, 5.74) is 7.12. The molecular formula is C22H24N2O2. The Morgan fingerprint density at radius 3 is 2.38 bits per heavy atom. The van der Waals surface area contributed by atoms with Gasteiger partial charge in [0, 0.05) is 30.4 Å². The number of nitrogens with zero attached hydrogens (tertiary/aromatic N) is 2. The molecule has 0 unspecified atom stereocenters. The molecule has 0 spiro atoms. The monoisotopic (exact) mass is 348 g/mol. The summed E-state index contributed by atoms with van der Waals surface area (Å²) in [6.45, 7) is 7.65. The molecule has 4 rings (SSSR count). The van der Waals surface area contributed by atoms with Crippen molar-refractivity contribution in [2.75, 3.05) is 11.9 Å². The first kappa shape index (κ1) is 16.8. The third-order valence-corrected chi connectivity index (χ3v) is 5.65. The Labute approximate surface area is 154 Å². The van der Waals surface area contributed by atoms with Crippen molar-refractivity contribution >= 4 is 17.5 Å². The van der Waals surface area contributed by atoms with Gasteiger partial charge in [0.15, 0.2) is 0 Å². The number of hydrogen-bond donors (Lipinski definition) is 0. The highest BCUT2D eigenvalue weighted by Gasteiger charge is 2.34. The third kappa shape index (κ3) is 2.28. The van der Waals surface area contributed by atoms with E-state index in [-0.39, 0.29) is 11.8 Å². The zero-order valence-electron chi connectivity index (χ0n) is 15.8. The molecule has 134 valence electrons. The van der Waals surface area contributed by atoms with E-state index in [1.807, 2.05) is 36.2 Å². The summed E-state index contributed by atoms with van der Waals surface area (Å²) in [6, 6.07) is 9.87. The number of anilines is 1. The van der Waals surface area contributed by atoms with Crippen molar-refractivity contribution in [1.29, 1.82) is 0 Å². The topological polar surface area (TPSA) is 40.6 Å². The first-order chi connectivity index (χ1) is 12.4. The molecule has 2 aliphatic rings. The van der Waals surface area contributed by atoms with E-state index in [9.17, 15) is 9.59 Å². The normalized spacial score (nSPS) is 15.9. The zero-order chi connectivity index (χ0) is 18.6. The molecule has 0 radical (unpaired) electrons. The fraction of sp³-hybridized carbons (Fsp3) is 0.364. The smallest absolute Gasteiger partial charge is 0.258 e. The Kier molecular flexibility index (Phi) is 3.87. The standard InChI is InChI=1S/C22H24N2O2/c1-5-14-18-11-23(4)21(25)17(18)9-10-20(14)24-12-19-15(13(2)3)7-6-8-16(19)22(24)26/h6-10,13H,5,11-12H2,1-4H3. The van der Waals surface area contributed by atoms with E-state index in [1.165, 1.54) is 5.56 Å². The second-order valence-electron chi connectivity index (χ2n) is 7.52. The lowest BCUT2D eigenvalue weighted by atomic mass is 9.95. The van der Waals surface area contributed by atoms with Crippen LogP contribution in [0.5, 0.6) is 0 Å². The van der Waals surface area contributed by atoms with Crippen LogP contribution in [-0.4, -0.2) is 23.8 Å². The van der Waals surface area contributed by atoms with E-state index in [1.54, 1.807) is 4.90 Å². The molecule has 0 saturated carbocycles. The Morgan fingerprint density at radius 2 is 1.69 bits per heavy atom. The van der Waals surface area contributed by atoms with E-state index >= 15 is 0 Å². The predicted octanol–water partition coefficient (Wildman–Crippen LogP) is 4.12. The molecule has 26 heavy (non-hydrogen) atoms. The number of amides is 2. The average Bonchev–Trinajstić information content (AvgIpc) is 3.11. The minimum Gasteiger partial charge on any atom is -0.337 e. The van der Waals surface area contributed by atoms with Crippen molar-refractivity contribution in [1.82, 2.24) is 4.90 Å². The van der Waals surface area contributed by atoms with Crippen molar-refractivity contribution < 1.29 is 9.59 Å². The van der Waals surface area contributed by atoms with Gasteiger partial charge in [0.2, 0.25) is 0 Å². The molecule has 0 aromatic heterocycles. The highest BCUT2D eigenvalue weighted by molar-refractivity contribution is 6.11. The second-order valence-corrected chi connectivity index (χ2v) is 7.52. The van der Waals surface area contributed by atoms with Crippen LogP contribution in [0.25, 0.3) is 0 Å². The fourth-order valence-electron chi connectivity index (χ4n) is 4.32. The molecule has 4 nitrogen and oxygen atoms in total. The van der Waals surface area contributed by atoms with Crippen LogP contribution in [0.15, 0.2) is 30.3 Å². The maximum atomic E-state index is 13.1. The van der Waals surface area contributed by atoms with Gasteiger partial charge >= 0.3 is 0 Å². The minimum atomic E-state index is 0.0647. The Morgan fingerprint density at radius 1 is 0.962 bits per heavy atom. The number of carbonyl (C=O) groups is 2. The van der Waals surface area contributed by atoms with Crippen molar-refractivity contribution in [3.8, 4) is 0 Å². The molecule has 0 atom stereocenters. The van der Waals surface area contributed by atoms with Crippen LogP contribution in [0, 0.1) is 0 Å². The van der Waals surface area contributed by atoms with Crippen molar-refractivity contribution in [3.05, 3.63) is 63.7 Å². The third-order valence-electron chi connectivity index (χ3n) is 5.65. The number of hydrogen-bond acceptors (Lipinski definition) is 2. The second kappa shape index (κ2) is 5.97. The summed E-state index contributed by atoms with van der Waals surface area (Å²) in [7, 11) is 1.83. The van der Waals surface area contributed by atoms with E-state index in [4.69, 9.17) is 0 Å². The molecule has 2 aromatic carbocycles. The summed E-state index contributed by atoms with van der Waals surface area (Å²) in [5, 5.41) is 0. The summed E-state index contributed by atoms with van der Waals surface area (Å²) in [5.74, 6) is 0.517. The van der Waals surface area contributed by atoms with Crippen LogP contribution in [-0.2, 0) is 19.5 Å². The maximum Gasteiger partial charge on any atom is 0.258 e. The largest absolute Gasteiger partial charge is 0.337 e. The molecular weight excluding hydrogens is 324 g/mol. The predicted molar refractivity (Wildman–Crippen MR) is 103 cm³/mol. The molecule has 2 aliphatic heterocycles. The van der Waals surface area contributed by atoms with Gasteiger partial charge in [-0.3, -0.25) is 9.59 Å². The Hall–Kier alpha value is -2.62. The fourth-order valence-corrected chi connectivity index (χ4v) is 4.32. The molecule has 0 bridgehead atoms. The lowest BCUT2D eigenvalue weighted by Gasteiger charge is -2.21. The highest BCUT2D eigenvalue weighted by atomic mass is 16.2. The summed E-state index contributed by atoms with van der Waals surface area (Å²) < 4.78 is 0. The lowest BCUT2D eigenvalue weighted by Crippen LogP contribution is -2.24. The molecule has 2 heterocycles. The molecule has 0 fully saturated rings. The zero-order valence-corrected chi connectivity index (χ0v) is 15.8. The summed E-state index contributed by atoms with van der Waals surface area (Å²) in [4.78, 5) is 29.1. The van der Waals surface area contributed by atoms with Crippen LogP contribution < -0.4 is 4.90 Å². The lowest BCUT2D eigenvalue weighted by molar-refractivity contribution is 0.0816. The van der Waals surface area contributed by atoms with Crippen molar-refractivity contribution in [2.45, 2.75) is 46.2 Å². The van der Waals surface area contributed by atoms with Crippen LogP contribution in [0.3, 0.4) is 0 Å². The highest BCUT2D eigenvalue weighted by Crippen LogP contribution is 2.38. The van der Waals surface area contributed by atoms with Crippen LogP contribution in [0.2, 0.25) is 0 Å². The van der Waals surface area contributed by atoms with Gasteiger partial charge in [0.1, 0.15) is 0 Å². The first-order valence-electron chi connectivity index (χ1n) is 9.27. The first-order valence-corrected chi connectivity index (χ1v) is 9.27. The van der Waals surface area contributed by atoms with Crippen molar-refractivity contribution in [2.24, 2.45) is 0 Å². The summed E-state index contributed by atoms with van der Waals surface area (Å²) in [6.07, 6.45) is 0.802. The van der Waals surface area contributed by atoms with Gasteiger partial charge in [-0.05, 0) is 52.8 Å². The van der Waals surface area contributed by atoms with E-state index < -0.39 is 0 Å². The molecule has 0 saturated heterocycles. The van der Waals surface area contributed by atoms with Gasteiger partial charge < -0.3 is 9.80 Å². The quantitative estimate of drug-likeness (QED) is 0.837. The number of benzene rings is 2. The number of fused-ring (bicyclic) bond motifs is 2. The van der Waals surface area contributed by atoms with Gasteiger partial charge in [-0.15, -0.1) is 0 Å². The Bertz CT molecular complexity index is 930. The van der Waals surface area contributed by atoms with Crippen LogP contribution in [0.1, 0.15) is 69.7 Å². The van der Waals surface area contributed by atoms with Gasteiger partial charge in [0.25, 0.3) is 11.8 Å². The SMILES string of the molecule is CCc1c(N2Cc3c(cccc3C(C)C)C2=O)ccc2c1CN(C)C2=O. The van der Waals surface area contributed by atoms with Gasteiger partial charge in [0.05, 0.1) is 6.54 Å². The minimum absolute atomic E-state index is 0.0647. The van der Waals surface area contributed by atoms with E-state index in [0.717, 1.165) is 39.9 Å². The molecule has 4 heteroatoms. The number of rotatable bonds is 3. The maximum absolute atomic E-state index is 13.1. The Balaban J connectivity index is 1.81. The van der Waals surface area contributed by atoms with Crippen LogP contribution >= 0.6 is 0 Å². The van der Waals surface area contributed by atoms with E-state index in [0.29, 0.717) is 19.0 Å². The molecule has 2 amide bonds. The van der Waals surface area contributed by atoms with E-state index in [2.05, 4.69) is 26.8 Å².